The number of para-hydroxylation sites is 2. The zero-order valence-corrected chi connectivity index (χ0v) is 17.2. The molecule has 5 aromatic rings. The summed E-state index contributed by atoms with van der Waals surface area (Å²) in [7, 11) is 0. The number of hydrogen-bond acceptors (Lipinski definition) is 4. The van der Waals surface area contributed by atoms with Gasteiger partial charge in [0.25, 0.3) is 0 Å². The Hall–Kier alpha value is -3.73. The Morgan fingerprint density at radius 2 is 1.71 bits per heavy atom. The fourth-order valence-corrected chi connectivity index (χ4v) is 4.64. The van der Waals surface area contributed by atoms with Gasteiger partial charge < -0.3 is 9.88 Å². The molecule has 1 aliphatic rings. The quantitative estimate of drug-likeness (QED) is 0.427. The first kappa shape index (κ1) is 18.1. The minimum atomic E-state index is 0.551. The molecule has 0 radical (unpaired) electrons. The van der Waals surface area contributed by atoms with Crippen LogP contribution in [-0.2, 0) is 0 Å². The van der Waals surface area contributed by atoms with Crippen molar-refractivity contribution in [2.45, 2.75) is 18.8 Å². The molecule has 0 aliphatic carbocycles. The molecule has 1 aliphatic heterocycles. The topological polar surface area (TPSA) is 57.7 Å². The molecule has 5 nitrogen and oxygen atoms in total. The summed E-state index contributed by atoms with van der Waals surface area (Å²) in [5, 5.41) is 2.40. The van der Waals surface area contributed by atoms with Crippen LogP contribution in [0, 0.1) is 0 Å². The smallest absolute Gasteiger partial charge is 0.163 e. The normalized spacial score (nSPS) is 15.0. The van der Waals surface area contributed by atoms with Gasteiger partial charge in [-0.15, -0.1) is 0 Å². The number of nitrogens with zero attached hydrogens (tertiary/aromatic N) is 4. The van der Waals surface area contributed by atoms with Crippen molar-refractivity contribution < 1.29 is 0 Å². The highest BCUT2D eigenvalue weighted by Crippen LogP contribution is 2.34. The molecule has 0 bridgehead atoms. The Bertz CT molecular complexity index is 1320. The minimum absolute atomic E-state index is 0.551. The first-order chi connectivity index (χ1) is 15.3. The average molecular weight is 406 g/mol. The summed E-state index contributed by atoms with van der Waals surface area (Å²) in [5.74, 6) is 2.31. The molecule has 31 heavy (non-hydrogen) atoms. The van der Waals surface area contributed by atoms with Gasteiger partial charge in [-0.2, -0.15) is 0 Å². The summed E-state index contributed by atoms with van der Waals surface area (Å²) in [6, 6.07) is 23.1. The second-order valence-corrected chi connectivity index (χ2v) is 8.20. The van der Waals surface area contributed by atoms with Crippen molar-refractivity contribution in [3.63, 3.8) is 0 Å². The van der Waals surface area contributed by atoms with E-state index in [9.17, 15) is 0 Å². The van der Waals surface area contributed by atoms with Crippen LogP contribution in [0.25, 0.3) is 33.2 Å². The summed E-state index contributed by atoms with van der Waals surface area (Å²) >= 11 is 0. The van der Waals surface area contributed by atoms with E-state index in [-0.39, 0.29) is 0 Å². The summed E-state index contributed by atoms with van der Waals surface area (Å²) in [4.78, 5) is 20.1. The lowest BCUT2D eigenvalue weighted by Gasteiger charge is -2.33. The number of rotatable bonds is 3. The van der Waals surface area contributed by atoms with Gasteiger partial charge in [-0.05, 0) is 54.6 Å². The molecule has 152 valence electrons. The first-order valence-electron chi connectivity index (χ1n) is 10.8. The van der Waals surface area contributed by atoms with Crippen molar-refractivity contribution in [3.05, 3.63) is 84.8 Å². The van der Waals surface area contributed by atoms with Gasteiger partial charge in [0.2, 0.25) is 0 Å². The number of aromatic amines is 1. The van der Waals surface area contributed by atoms with E-state index in [1.165, 1.54) is 16.6 Å². The van der Waals surface area contributed by atoms with Crippen LogP contribution in [0.5, 0.6) is 0 Å². The van der Waals surface area contributed by atoms with Gasteiger partial charge in [0.15, 0.2) is 5.82 Å². The standard InChI is InChI=1S/C26H23N5/c1-3-9-22-19(6-1)16-24(28-22)18-11-14-31(15-12-18)26-21-8-2-4-10-23(21)29-25(30-26)20-7-5-13-27-17-20/h1-10,13,16-18,28H,11-12,14-15H2. The van der Waals surface area contributed by atoms with Crippen LogP contribution in [0.4, 0.5) is 5.82 Å². The first-order valence-corrected chi connectivity index (χ1v) is 10.8. The maximum atomic E-state index is 4.99. The average Bonchev–Trinajstić information content (AvgIpc) is 3.28. The van der Waals surface area contributed by atoms with E-state index in [4.69, 9.17) is 9.97 Å². The molecule has 0 saturated carbocycles. The highest BCUT2D eigenvalue weighted by molar-refractivity contribution is 5.91. The Morgan fingerprint density at radius 1 is 0.871 bits per heavy atom. The molecule has 1 fully saturated rings. The van der Waals surface area contributed by atoms with E-state index in [0.29, 0.717) is 5.92 Å². The zero-order valence-electron chi connectivity index (χ0n) is 17.2. The Balaban J connectivity index is 1.31. The van der Waals surface area contributed by atoms with Crippen molar-refractivity contribution in [2.75, 3.05) is 18.0 Å². The van der Waals surface area contributed by atoms with Gasteiger partial charge in [0.05, 0.1) is 5.52 Å². The number of nitrogens with one attached hydrogen (secondary N) is 1. The number of fused-ring (bicyclic) bond motifs is 2. The van der Waals surface area contributed by atoms with Crippen LogP contribution < -0.4 is 4.90 Å². The molecule has 4 heterocycles. The summed E-state index contributed by atoms with van der Waals surface area (Å²) < 4.78 is 0. The molecule has 0 spiro atoms. The maximum Gasteiger partial charge on any atom is 0.163 e. The van der Waals surface area contributed by atoms with E-state index in [0.717, 1.165) is 54.0 Å². The van der Waals surface area contributed by atoms with Crippen molar-refractivity contribution in [2.24, 2.45) is 0 Å². The molecule has 0 unspecified atom stereocenters. The highest BCUT2D eigenvalue weighted by atomic mass is 15.2. The third-order valence-electron chi connectivity index (χ3n) is 6.29. The van der Waals surface area contributed by atoms with Crippen molar-refractivity contribution in [3.8, 4) is 11.4 Å². The molecule has 0 atom stereocenters. The Kier molecular flexibility index (Phi) is 4.38. The lowest BCUT2D eigenvalue weighted by Crippen LogP contribution is -2.33. The summed E-state index contributed by atoms with van der Waals surface area (Å²) in [6.45, 7) is 1.96. The molecule has 5 heteroatoms. The Morgan fingerprint density at radius 3 is 2.55 bits per heavy atom. The summed E-state index contributed by atoms with van der Waals surface area (Å²) in [5.41, 5.74) is 4.50. The molecular formula is C26H23N5. The number of aromatic nitrogens is 4. The second kappa shape index (κ2) is 7.51. The fraction of sp³-hybridized carbons (Fsp3) is 0.192. The van der Waals surface area contributed by atoms with E-state index in [1.54, 1.807) is 6.20 Å². The molecule has 1 saturated heterocycles. The number of H-pyrrole nitrogens is 1. The number of anilines is 1. The van der Waals surface area contributed by atoms with Gasteiger partial charge in [-0.1, -0.05) is 30.3 Å². The van der Waals surface area contributed by atoms with E-state index in [2.05, 4.69) is 63.4 Å². The fourth-order valence-electron chi connectivity index (χ4n) is 4.64. The van der Waals surface area contributed by atoms with Gasteiger partial charge in [-0.3, -0.25) is 4.98 Å². The number of pyridine rings is 1. The van der Waals surface area contributed by atoms with Crippen molar-refractivity contribution >= 4 is 27.6 Å². The van der Waals surface area contributed by atoms with Gasteiger partial charge in [0.1, 0.15) is 5.82 Å². The molecule has 1 N–H and O–H groups in total. The van der Waals surface area contributed by atoms with E-state index >= 15 is 0 Å². The van der Waals surface area contributed by atoms with Crippen LogP contribution in [-0.4, -0.2) is 33.0 Å². The van der Waals surface area contributed by atoms with Crippen LogP contribution in [0.1, 0.15) is 24.5 Å². The third-order valence-corrected chi connectivity index (χ3v) is 6.29. The minimum Gasteiger partial charge on any atom is -0.358 e. The van der Waals surface area contributed by atoms with E-state index < -0.39 is 0 Å². The van der Waals surface area contributed by atoms with Crippen LogP contribution >= 0.6 is 0 Å². The predicted molar refractivity (Wildman–Crippen MR) is 125 cm³/mol. The zero-order chi connectivity index (χ0) is 20.6. The van der Waals surface area contributed by atoms with Crippen LogP contribution in [0.15, 0.2) is 79.1 Å². The van der Waals surface area contributed by atoms with Crippen molar-refractivity contribution in [1.29, 1.82) is 0 Å². The van der Waals surface area contributed by atoms with Gasteiger partial charge in [0, 0.05) is 53.6 Å². The van der Waals surface area contributed by atoms with Crippen LogP contribution in [0.2, 0.25) is 0 Å². The number of hydrogen-bond donors (Lipinski definition) is 1. The van der Waals surface area contributed by atoms with Crippen LogP contribution in [0.3, 0.4) is 0 Å². The van der Waals surface area contributed by atoms with Gasteiger partial charge in [-0.25, -0.2) is 9.97 Å². The summed E-state index contributed by atoms with van der Waals surface area (Å²) in [6.07, 6.45) is 5.82. The Labute approximate surface area is 180 Å². The predicted octanol–water partition coefficient (Wildman–Crippen LogP) is 5.56. The third kappa shape index (κ3) is 3.32. The van der Waals surface area contributed by atoms with E-state index in [1.807, 2.05) is 24.4 Å². The maximum absolute atomic E-state index is 4.99. The largest absolute Gasteiger partial charge is 0.358 e. The second-order valence-electron chi connectivity index (χ2n) is 8.20. The molecule has 2 aromatic carbocycles. The van der Waals surface area contributed by atoms with Gasteiger partial charge >= 0.3 is 0 Å². The lowest BCUT2D eigenvalue weighted by atomic mass is 9.93. The lowest BCUT2D eigenvalue weighted by molar-refractivity contribution is 0.497. The van der Waals surface area contributed by atoms with Crippen molar-refractivity contribution in [1.82, 2.24) is 19.9 Å². The highest BCUT2D eigenvalue weighted by Gasteiger charge is 2.24. The molecular weight excluding hydrogens is 382 g/mol. The SMILES string of the molecule is c1cncc(-c2nc(N3CCC(c4cc5ccccc5[nH]4)CC3)c3ccccc3n2)c1. The molecule has 0 amide bonds. The monoisotopic (exact) mass is 405 g/mol. The molecule has 3 aromatic heterocycles. The number of piperidine rings is 1. The number of benzene rings is 2. The molecule has 6 rings (SSSR count).